The number of hydrogen-bond donors (Lipinski definition) is 1. The molecular weight excluding hydrogens is 479 g/mol. The quantitative estimate of drug-likeness (QED) is 0.435. The predicted octanol–water partition coefficient (Wildman–Crippen LogP) is 5.54. The fourth-order valence-corrected chi connectivity index (χ4v) is 4.02. The summed E-state index contributed by atoms with van der Waals surface area (Å²) in [5, 5.41) is 2.74. The first-order valence-electron chi connectivity index (χ1n) is 10.3. The second-order valence-corrected chi connectivity index (χ2v) is 8.11. The maximum Gasteiger partial charge on any atom is 0.387 e. The summed E-state index contributed by atoms with van der Waals surface area (Å²) >= 11 is 0.976. The molecule has 4 rings (SSSR count). The van der Waals surface area contributed by atoms with Crippen molar-refractivity contribution in [1.29, 1.82) is 0 Å². The van der Waals surface area contributed by atoms with Crippen molar-refractivity contribution in [2.24, 2.45) is 4.99 Å². The Hall–Kier alpha value is -4.05. The SMILES string of the molecule is O=C(CSC1=NC(=Cc2ccccc2)C(=O)N1c1ccc(F)cc1)Nc1ccccc1OC(F)F. The molecule has 0 saturated carbocycles. The summed E-state index contributed by atoms with van der Waals surface area (Å²) < 4.78 is 43.1. The lowest BCUT2D eigenvalue weighted by molar-refractivity contribution is -0.114. The highest BCUT2D eigenvalue weighted by molar-refractivity contribution is 8.14. The molecule has 0 saturated heterocycles. The number of anilines is 2. The minimum Gasteiger partial charge on any atom is -0.433 e. The van der Waals surface area contributed by atoms with Gasteiger partial charge >= 0.3 is 6.61 Å². The van der Waals surface area contributed by atoms with Gasteiger partial charge in [0.1, 0.15) is 17.3 Å². The van der Waals surface area contributed by atoms with E-state index in [2.05, 4.69) is 15.0 Å². The lowest BCUT2D eigenvalue weighted by atomic mass is 10.2. The summed E-state index contributed by atoms with van der Waals surface area (Å²) in [6.45, 7) is -3.04. The number of alkyl halides is 2. The molecule has 10 heteroatoms. The molecule has 0 aliphatic carbocycles. The van der Waals surface area contributed by atoms with E-state index < -0.39 is 24.2 Å². The molecule has 1 aliphatic rings. The van der Waals surface area contributed by atoms with E-state index in [1.165, 1.54) is 47.4 Å². The van der Waals surface area contributed by atoms with Crippen molar-refractivity contribution in [2.75, 3.05) is 16.0 Å². The molecule has 178 valence electrons. The highest BCUT2D eigenvalue weighted by Gasteiger charge is 2.32. The standard InChI is InChI=1S/C25H18F3N3O3S/c26-17-10-12-18(13-11-17)31-23(33)20(14-16-6-2-1-3-7-16)30-25(31)35-15-22(32)29-19-8-4-5-9-21(19)34-24(27)28/h1-14,24H,15H2,(H,29,32). The number of carbonyl (C=O) groups excluding carboxylic acids is 2. The molecule has 0 atom stereocenters. The summed E-state index contributed by atoms with van der Waals surface area (Å²) in [4.78, 5) is 31.4. The van der Waals surface area contributed by atoms with Gasteiger partial charge in [-0.1, -0.05) is 54.2 Å². The van der Waals surface area contributed by atoms with Crippen LogP contribution in [0.15, 0.2) is 89.6 Å². The van der Waals surface area contributed by atoms with Crippen LogP contribution in [0.1, 0.15) is 5.56 Å². The van der Waals surface area contributed by atoms with E-state index in [1.54, 1.807) is 12.1 Å². The Labute approximate surface area is 203 Å². The number of amidine groups is 1. The van der Waals surface area contributed by atoms with Crippen molar-refractivity contribution in [3.05, 3.63) is 95.9 Å². The van der Waals surface area contributed by atoms with Gasteiger partial charge in [-0.05, 0) is 48.0 Å². The number of hydrogen-bond acceptors (Lipinski definition) is 5. The van der Waals surface area contributed by atoms with Crippen LogP contribution >= 0.6 is 11.8 Å². The van der Waals surface area contributed by atoms with Gasteiger partial charge in [0, 0.05) is 0 Å². The summed E-state index contributed by atoms with van der Waals surface area (Å²) in [6.07, 6.45) is 1.62. The molecule has 0 aromatic heterocycles. The van der Waals surface area contributed by atoms with E-state index in [0.29, 0.717) is 5.69 Å². The molecule has 1 heterocycles. The van der Waals surface area contributed by atoms with Crippen LogP contribution in [0.4, 0.5) is 24.5 Å². The number of nitrogens with zero attached hydrogens (tertiary/aromatic N) is 2. The van der Waals surface area contributed by atoms with Gasteiger partial charge in [0.05, 0.1) is 17.1 Å². The summed E-state index contributed by atoms with van der Waals surface area (Å²) in [6, 6.07) is 20.2. The Kier molecular flexibility index (Phi) is 7.51. The molecule has 3 aromatic carbocycles. The number of para-hydroxylation sites is 2. The van der Waals surface area contributed by atoms with Gasteiger partial charge < -0.3 is 10.1 Å². The third-order valence-corrected chi connectivity index (χ3v) is 5.67. The highest BCUT2D eigenvalue weighted by atomic mass is 32.2. The van der Waals surface area contributed by atoms with Crippen molar-refractivity contribution in [3.63, 3.8) is 0 Å². The molecule has 6 nitrogen and oxygen atoms in total. The van der Waals surface area contributed by atoms with Gasteiger partial charge in [-0.3, -0.25) is 14.5 Å². The first-order chi connectivity index (χ1) is 16.9. The number of benzene rings is 3. The Balaban J connectivity index is 1.54. The largest absolute Gasteiger partial charge is 0.433 e. The number of halogens is 3. The number of ether oxygens (including phenoxy) is 1. The minimum absolute atomic E-state index is 0.0860. The fraction of sp³-hybridized carbons (Fsp3) is 0.0800. The summed E-state index contributed by atoms with van der Waals surface area (Å²) in [5.74, 6) is -1.76. The van der Waals surface area contributed by atoms with E-state index in [4.69, 9.17) is 0 Å². The van der Waals surface area contributed by atoms with Crippen LogP contribution in [0.3, 0.4) is 0 Å². The second-order valence-electron chi connectivity index (χ2n) is 7.16. The first kappa shape index (κ1) is 24.1. The molecular formula is C25H18F3N3O3S. The molecule has 0 bridgehead atoms. The van der Waals surface area contributed by atoms with Crippen LogP contribution in [-0.2, 0) is 9.59 Å². The molecule has 2 amide bonds. The van der Waals surface area contributed by atoms with Crippen molar-refractivity contribution < 1.29 is 27.5 Å². The average Bonchev–Trinajstić information content (AvgIpc) is 3.15. The fourth-order valence-electron chi connectivity index (χ4n) is 3.20. The zero-order valence-electron chi connectivity index (χ0n) is 18.0. The van der Waals surface area contributed by atoms with Crippen molar-refractivity contribution in [2.45, 2.75) is 6.61 Å². The lowest BCUT2D eigenvalue weighted by Crippen LogP contribution is -2.31. The second kappa shape index (κ2) is 10.9. The van der Waals surface area contributed by atoms with Crippen molar-refractivity contribution >= 4 is 46.2 Å². The molecule has 3 aromatic rings. The molecule has 0 radical (unpaired) electrons. The van der Waals surface area contributed by atoms with E-state index >= 15 is 0 Å². The van der Waals surface area contributed by atoms with Crippen LogP contribution < -0.4 is 15.0 Å². The van der Waals surface area contributed by atoms with Gasteiger partial charge in [-0.2, -0.15) is 8.78 Å². The number of nitrogens with one attached hydrogen (secondary N) is 1. The third kappa shape index (κ3) is 6.10. The zero-order valence-corrected chi connectivity index (χ0v) is 18.8. The molecule has 1 aliphatic heterocycles. The molecule has 0 fully saturated rings. The Morgan fingerprint density at radius 3 is 2.43 bits per heavy atom. The van der Waals surface area contributed by atoms with E-state index in [1.807, 2.05) is 30.3 Å². The average molecular weight is 497 g/mol. The van der Waals surface area contributed by atoms with E-state index in [-0.39, 0.29) is 28.1 Å². The van der Waals surface area contributed by atoms with E-state index in [0.717, 1.165) is 17.3 Å². The number of aliphatic imine (C=N–C) groups is 1. The predicted molar refractivity (Wildman–Crippen MR) is 130 cm³/mol. The molecule has 0 spiro atoms. The normalized spacial score (nSPS) is 14.4. The van der Waals surface area contributed by atoms with Gasteiger partial charge in [0.25, 0.3) is 5.91 Å². The Bertz CT molecular complexity index is 1280. The smallest absolute Gasteiger partial charge is 0.387 e. The number of amides is 2. The maximum atomic E-state index is 13.4. The van der Waals surface area contributed by atoms with Crippen LogP contribution in [0.2, 0.25) is 0 Å². The Morgan fingerprint density at radius 1 is 1.03 bits per heavy atom. The minimum atomic E-state index is -3.04. The van der Waals surface area contributed by atoms with Crippen molar-refractivity contribution in [3.8, 4) is 5.75 Å². The van der Waals surface area contributed by atoms with Crippen LogP contribution in [-0.4, -0.2) is 29.3 Å². The molecule has 0 unspecified atom stereocenters. The zero-order chi connectivity index (χ0) is 24.8. The lowest BCUT2D eigenvalue weighted by Gasteiger charge is -2.18. The number of thioether (sulfide) groups is 1. The van der Waals surface area contributed by atoms with Gasteiger partial charge in [-0.15, -0.1) is 0 Å². The monoisotopic (exact) mass is 497 g/mol. The topological polar surface area (TPSA) is 71.0 Å². The highest BCUT2D eigenvalue weighted by Crippen LogP contribution is 2.30. The van der Waals surface area contributed by atoms with Crippen molar-refractivity contribution in [1.82, 2.24) is 0 Å². The Morgan fingerprint density at radius 2 is 1.71 bits per heavy atom. The van der Waals surface area contributed by atoms with E-state index in [9.17, 15) is 22.8 Å². The number of carbonyl (C=O) groups is 2. The van der Waals surface area contributed by atoms with Crippen LogP contribution in [0.25, 0.3) is 6.08 Å². The first-order valence-corrected chi connectivity index (χ1v) is 11.3. The van der Waals surface area contributed by atoms with Gasteiger partial charge in [0.15, 0.2) is 5.17 Å². The third-order valence-electron chi connectivity index (χ3n) is 4.73. The van der Waals surface area contributed by atoms with Gasteiger partial charge in [0.2, 0.25) is 5.91 Å². The summed E-state index contributed by atoms with van der Waals surface area (Å²) in [7, 11) is 0. The summed E-state index contributed by atoms with van der Waals surface area (Å²) in [5.41, 5.74) is 1.38. The molecule has 35 heavy (non-hydrogen) atoms. The van der Waals surface area contributed by atoms with Crippen LogP contribution in [0.5, 0.6) is 5.75 Å². The molecule has 1 N–H and O–H groups in total. The van der Waals surface area contributed by atoms with Gasteiger partial charge in [-0.25, -0.2) is 9.38 Å². The number of rotatable bonds is 7. The maximum absolute atomic E-state index is 13.4. The van der Waals surface area contributed by atoms with Crippen LogP contribution in [0, 0.1) is 5.82 Å².